The summed E-state index contributed by atoms with van der Waals surface area (Å²) >= 11 is 0. The molecular formula is C22H25N3O4. The Balaban J connectivity index is 1.54. The topological polar surface area (TPSA) is 96.6 Å². The van der Waals surface area contributed by atoms with Crippen molar-refractivity contribution in [2.75, 3.05) is 17.2 Å². The molecule has 0 fully saturated rings. The summed E-state index contributed by atoms with van der Waals surface area (Å²) in [4.78, 5) is 12.1. The highest BCUT2D eigenvalue weighted by Gasteiger charge is 2.20. The molecular weight excluding hydrogens is 370 g/mol. The molecule has 7 nitrogen and oxygen atoms in total. The lowest BCUT2D eigenvalue weighted by molar-refractivity contribution is 0.262. The third kappa shape index (κ3) is 5.83. The molecule has 0 aliphatic heterocycles. The number of aromatic nitrogens is 1. The summed E-state index contributed by atoms with van der Waals surface area (Å²) in [7, 11) is 0. The zero-order chi connectivity index (χ0) is 20.9. The van der Waals surface area contributed by atoms with Crippen LogP contribution in [0.2, 0.25) is 0 Å². The van der Waals surface area contributed by atoms with Gasteiger partial charge in [-0.25, -0.2) is 4.79 Å². The van der Waals surface area contributed by atoms with E-state index in [-0.39, 0.29) is 12.0 Å². The molecule has 0 saturated heterocycles. The largest absolute Gasteiger partial charge is 0.457 e. The fraction of sp³-hybridized carbons (Fsp3) is 0.273. The quantitative estimate of drug-likeness (QED) is 0.549. The van der Waals surface area contributed by atoms with Gasteiger partial charge in [-0.1, -0.05) is 38.1 Å². The number of aliphatic hydroxyl groups is 1. The van der Waals surface area contributed by atoms with Crippen LogP contribution in [0.3, 0.4) is 0 Å². The number of nitrogens with one attached hydrogen (secondary N) is 2. The second-order valence-electron chi connectivity index (χ2n) is 7.65. The lowest BCUT2D eigenvalue weighted by Crippen LogP contribution is -2.19. The summed E-state index contributed by atoms with van der Waals surface area (Å²) in [6, 6.07) is 15.9. The summed E-state index contributed by atoms with van der Waals surface area (Å²) in [5, 5.41) is 18.2. The Bertz CT molecular complexity index is 941. The van der Waals surface area contributed by atoms with Gasteiger partial charge >= 0.3 is 6.03 Å². The minimum absolute atomic E-state index is 0.122. The number of ether oxygens (including phenoxy) is 1. The predicted octanol–water partition coefficient (Wildman–Crippen LogP) is 4.94. The van der Waals surface area contributed by atoms with Crippen molar-refractivity contribution in [1.29, 1.82) is 0 Å². The number of amides is 2. The Labute approximate surface area is 169 Å². The summed E-state index contributed by atoms with van der Waals surface area (Å²) in [6.07, 6.45) is 0.620. The van der Waals surface area contributed by atoms with Gasteiger partial charge in [0, 0.05) is 23.8 Å². The van der Waals surface area contributed by atoms with E-state index in [0.29, 0.717) is 35.2 Å². The van der Waals surface area contributed by atoms with Gasteiger partial charge in [0.25, 0.3) is 0 Å². The van der Waals surface area contributed by atoms with Crippen LogP contribution in [0.4, 0.5) is 16.3 Å². The average Bonchev–Trinajstić information content (AvgIpc) is 3.14. The molecule has 0 aliphatic rings. The van der Waals surface area contributed by atoms with Gasteiger partial charge in [-0.3, -0.25) is 5.32 Å². The molecule has 2 amide bonds. The van der Waals surface area contributed by atoms with Gasteiger partial charge in [0.1, 0.15) is 17.3 Å². The van der Waals surface area contributed by atoms with Crippen LogP contribution in [0, 0.1) is 0 Å². The van der Waals surface area contributed by atoms with E-state index in [2.05, 4.69) is 15.8 Å². The maximum absolute atomic E-state index is 12.1. The summed E-state index contributed by atoms with van der Waals surface area (Å²) < 4.78 is 11.0. The Morgan fingerprint density at radius 1 is 1.03 bits per heavy atom. The van der Waals surface area contributed by atoms with Crippen LogP contribution in [0.25, 0.3) is 0 Å². The molecule has 0 unspecified atom stereocenters. The molecule has 3 N–H and O–H groups in total. The molecule has 152 valence electrons. The van der Waals surface area contributed by atoms with Gasteiger partial charge in [-0.15, -0.1) is 0 Å². The number of anilines is 2. The Morgan fingerprint density at radius 3 is 2.21 bits per heavy atom. The predicted molar refractivity (Wildman–Crippen MR) is 112 cm³/mol. The molecule has 0 radical (unpaired) electrons. The molecule has 3 aromatic rings. The summed E-state index contributed by atoms with van der Waals surface area (Å²) in [5.41, 5.74) is 1.48. The van der Waals surface area contributed by atoms with Crippen LogP contribution in [0.15, 0.2) is 59.1 Å². The first-order valence-electron chi connectivity index (χ1n) is 9.36. The zero-order valence-electron chi connectivity index (χ0n) is 16.7. The highest BCUT2D eigenvalue weighted by atomic mass is 16.5. The highest BCUT2D eigenvalue weighted by molar-refractivity contribution is 5.99. The van der Waals surface area contributed by atoms with Gasteiger partial charge in [0.15, 0.2) is 5.82 Å². The van der Waals surface area contributed by atoms with Crippen molar-refractivity contribution in [3.8, 4) is 11.5 Å². The second-order valence-corrected chi connectivity index (χ2v) is 7.65. The van der Waals surface area contributed by atoms with Gasteiger partial charge in [-0.2, -0.15) is 0 Å². The van der Waals surface area contributed by atoms with E-state index in [0.717, 1.165) is 5.56 Å². The minimum atomic E-state index is -0.410. The minimum Gasteiger partial charge on any atom is -0.457 e. The molecule has 1 aromatic heterocycles. The first-order valence-corrected chi connectivity index (χ1v) is 9.36. The maximum Gasteiger partial charge on any atom is 0.324 e. The van der Waals surface area contributed by atoms with E-state index < -0.39 is 6.03 Å². The maximum atomic E-state index is 12.1. The van der Waals surface area contributed by atoms with E-state index in [1.165, 1.54) is 0 Å². The van der Waals surface area contributed by atoms with Gasteiger partial charge < -0.3 is 19.7 Å². The van der Waals surface area contributed by atoms with Crippen molar-refractivity contribution in [3.63, 3.8) is 0 Å². The van der Waals surface area contributed by atoms with E-state index >= 15 is 0 Å². The molecule has 0 saturated carbocycles. The lowest BCUT2D eigenvalue weighted by atomic mass is 9.93. The third-order valence-corrected chi connectivity index (χ3v) is 4.16. The number of carbonyl (C=O) groups excluding carboxylic acids is 1. The van der Waals surface area contributed by atoms with E-state index in [9.17, 15) is 4.79 Å². The standard InChI is InChI=1S/C22H25N3O4/c1-22(2,3)19-14-20(25-29-19)24-21(27)23-16-6-10-18(11-7-16)28-17-8-4-15(5-9-17)12-13-26/h4-11,14,26H,12-13H2,1-3H3,(H2,23,24,25,27). The molecule has 2 aromatic carbocycles. The van der Waals surface area contributed by atoms with Gasteiger partial charge in [0.2, 0.25) is 0 Å². The first-order chi connectivity index (χ1) is 13.8. The normalized spacial score (nSPS) is 11.2. The summed E-state index contributed by atoms with van der Waals surface area (Å²) in [6.45, 7) is 6.13. The lowest BCUT2D eigenvalue weighted by Gasteiger charge is -2.12. The monoisotopic (exact) mass is 395 g/mol. The smallest absolute Gasteiger partial charge is 0.324 e. The Hall–Kier alpha value is -3.32. The number of aliphatic hydroxyl groups excluding tert-OH is 1. The van der Waals surface area contributed by atoms with Gasteiger partial charge in [-0.05, 0) is 48.4 Å². The van der Waals surface area contributed by atoms with Crippen molar-refractivity contribution in [2.45, 2.75) is 32.6 Å². The highest BCUT2D eigenvalue weighted by Crippen LogP contribution is 2.25. The Kier molecular flexibility index (Phi) is 6.19. The molecule has 0 bridgehead atoms. The molecule has 0 aliphatic carbocycles. The molecule has 1 heterocycles. The van der Waals surface area contributed by atoms with Crippen molar-refractivity contribution < 1.29 is 19.2 Å². The second kappa shape index (κ2) is 8.79. The Morgan fingerprint density at radius 2 is 1.66 bits per heavy atom. The molecule has 7 heteroatoms. The van der Waals surface area contributed by atoms with Crippen LogP contribution in [-0.2, 0) is 11.8 Å². The zero-order valence-corrected chi connectivity index (χ0v) is 16.7. The number of urea groups is 1. The van der Waals surface area contributed by atoms with Crippen LogP contribution >= 0.6 is 0 Å². The van der Waals surface area contributed by atoms with Crippen molar-refractivity contribution in [2.24, 2.45) is 0 Å². The van der Waals surface area contributed by atoms with Crippen LogP contribution in [0.5, 0.6) is 11.5 Å². The van der Waals surface area contributed by atoms with E-state index in [1.807, 2.05) is 45.0 Å². The van der Waals surface area contributed by atoms with E-state index in [1.54, 1.807) is 30.3 Å². The van der Waals surface area contributed by atoms with Crippen molar-refractivity contribution >= 4 is 17.5 Å². The molecule has 29 heavy (non-hydrogen) atoms. The molecule has 0 spiro atoms. The van der Waals surface area contributed by atoms with Crippen LogP contribution in [-0.4, -0.2) is 22.9 Å². The SMILES string of the molecule is CC(C)(C)c1cc(NC(=O)Nc2ccc(Oc3ccc(CCO)cc3)cc2)no1. The number of benzene rings is 2. The number of carbonyl (C=O) groups is 1. The number of nitrogens with zero attached hydrogens (tertiary/aromatic N) is 1. The fourth-order valence-electron chi connectivity index (χ4n) is 2.56. The molecule has 3 rings (SSSR count). The van der Waals surface area contributed by atoms with Crippen LogP contribution < -0.4 is 15.4 Å². The van der Waals surface area contributed by atoms with Crippen molar-refractivity contribution in [1.82, 2.24) is 5.16 Å². The van der Waals surface area contributed by atoms with Crippen LogP contribution in [0.1, 0.15) is 32.1 Å². The summed E-state index contributed by atoms with van der Waals surface area (Å²) in [5.74, 6) is 2.40. The first kappa shape index (κ1) is 20.4. The van der Waals surface area contributed by atoms with Gasteiger partial charge in [0.05, 0.1) is 0 Å². The van der Waals surface area contributed by atoms with Crippen molar-refractivity contribution in [3.05, 3.63) is 65.9 Å². The molecule has 0 atom stereocenters. The van der Waals surface area contributed by atoms with E-state index in [4.69, 9.17) is 14.4 Å². The average molecular weight is 395 g/mol. The fourth-order valence-corrected chi connectivity index (χ4v) is 2.56. The number of hydrogen-bond acceptors (Lipinski definition) is 5. The number of rotatable bonds is 6. The third-order valence-electron chi connectivity index (χ3n) is 4.16. The number of hydrogen-bond donors (Lipinski definition) is 3.